The summed E-state index contributed by atoms with van der Waals surface area (Å²) < 4.78 is 4.17. The summed E-state index contributed by atoms with van der Waals surface area (Å²) in [7, 11) is 0. The van der Waals surface area contributed by atoms with Crippen LogP contribution in [0.25, 0.3) is 0 Å². The van der Waals surface area contributed by atoms with Gasteiger partial charge in [0.05, 0.1) is 0 Å². The molecule has 4 heteroatoms. The summed E-state index contributed by atoms with van der Waals surface area (Å²) >= 11 is 0. The van der Waals surface area contributed by atoms with Crippen LogP contribution < -0.4 is 5.73 Å². The zero-order valence-electron chi connectivity index (χ0n) is 6.22. The zero-order chi connectivity index (χ0) is 9.02. The molecule has 11 heavy (non-hydrogen) atoms. The van der Waals surface area contributed by atoms with Gasteiger partial charge in [0.2, 0.25) is 0 Å². The molecule has 0 aromatic carbocycles. The summed E-state index contributed by atoms with van der Waals surface area (Å²) in [6.45, 7) is 7.78. The Morgan fingerprint density at radius 3 is 2.00 bits per heavy atom. The minimum Gasteiger partial charge on any atom is -0.393 e. The van der Waals surface area contributed by atoms with Crippen LogP contribution in [0.1, 0.15) is 6.92 Å². The maximum atomic E-state index is 10.6. The second-order valence-electron chi connectivity index (χ2n) is 1.98. The molecule has 2 N–H and O–H groups in total. The number of carbonyl (C=O) groups excluding carboxylic acids is 2. The van der Waals surface area contributed by atoms with Gasteiger partial charge in [-0.25, -0.2) is 9.59 Å². The van der Waals surface area contributed by atoms with Gasteiger partial charge in [-0.15, -0.1) is 0 Å². The van der Waals surface area contributed by atoms with Crippen LogP contribution in [0.3, 0.4) is 0 Å². The Kier molecular flexibility index (Phi) is 3.04. The first-order chi connectivity index (χ1) is 4.95. The molecule has 0 saturated heterocycles. The first-order valence-corrected chi connectivity index (χ1v) is 2.81. The second-order valence-corrected chi connectivity index (χ2v) is 1.98. The lowest BCUT2D eigenvalue weighted by atomic mass is 10.4. The fourth-order valence-electron chi connectivity index (χ4n) is 0.237. The summed E-state index contributed by atoms with van der Waals surface area (Å²) in [6.07, 6.45) is 0. The van der Waals surface area contributed by atoms with Crippen molar-refractivity contribution < 1.29 is 14.3 Å². The molecule has 0 bridgehead atoms. The summed E-state index contributed by atoms with van der Waals surface area (Å²) in [6, 6.07) is 0. The molecule has 0 saturated carbocycles. The summed E-state index contributed by atoms with van der Waals surface area (Å²) in [5.74, 6) is -1.72. The van der Waals surface area contributed by atoms with Crippen LogP contribution in [0.5, 0.6) is 0 Å². The van der Waals surface area contributed by atoms with E-state index in [0.29, 0.717) is 0 Å². The topological polar surface area (TPSA) is 69.4 Å². The second kappa shape index (κ2) is 3.55. The smallest absolute Gasteiger partial charge is 0.361 e. The van der Waals surface area contributed by atoms with Crippen LogP contribution in [-0.2, 0) is 14.3 Å². The maximum Gasteiger partial charge on any atom is 0.361 e. The van der Waals surface area contributed by atoms with Gasteiger partial charge in [0.15, 0.2) is 0 Å². The van der Waals surface area contributed by atoms with Crippen molar-refractivity contribution in [2.75, 3.05) is 0 Å². The molecule has 0 amide bonds. The molecule has 0 heterocycles. The number of hydrogen-bond donors (Lipinski definition) is 1. The first-order valence-electron chi connectivity index (χ1n) is 2.81. The van der Waals surface area contributed by atoms with Gasteiger partial charge < -0.3 is 10.5 Å². The van der Waals surface area contributed by atoms with Crippen LogP contribution >= 0.6 is 0 Å². The third kappa shape index (κ3) is 3.20. The Labute approximate surface area is 64.3 Å². The van der Waals surface area contributed by atoms with E-state index in [1.807, 2.05) is 0 Å². The van der Waals surface area contributed by atoms with Crippen LogP contribution in [0.4, 0.5) is 0 Å². The van der Waals surface area contributed by atoms with Crippen molar-refractivity contribution in [3.8, 4) is 0 Å². The third-order valence-electron chi connectivity index (χ3n) is 0.796. The van der Waals surface area contributed by atoms with Gasteiger partial charge in [-0.2, -0.15) is 0 Å². The number of hydrogen-bond acceptors (Lipinski definition) is 4. The van der Waals surface area contributed by atoms with E-state index >= 15 is 0 Å². The Morgan fingerprint density at radius 2 is 1.73 bits per heavy atom. The van der Waals surface area contributed by atoms with Crippen LogP contribution in [0.2, 0.25) is 0 Å². The predicted molar refractivity (Wildman–Crippen MR) is 39.2 cm³/mol. The van der Waals surface area contributed by atoms with Gasteiger partial charge in [-0.3, -0.25) is 0 Å². The van der Waals surface area contributed by atoms with E-state index in [9.17, 15) is 9.59 Å². The van der Waals surface area contributed by atoms with Gasteiger partial charge in [0.1, 0.15) is 5.70 Å². The molecule has 0 aliphatic rings. The molecule has 0 unspecified atom stereocenters. The molecular weight excluding hydrogens is 146 g/mol. The van der Waals surface area contributed by atoms with E-state index in [4.69, 9.17) is 5.73 Å². The van der Waals surface area contributed by atoms with Crippen molar-refractivity contribution in [3.63, 3.8) is 0 Å². The lowest BCUT2D eigenvalue weighted by molar-refractivity contribution is -0.154. The van der Waals surface area contributed by atoms with Crippen molar-refractivity contribution in [1.29, 1.82) is 0 Å². The lowest BCUT2D eigenvalue weighted by Crippen LogP contribution is -2.18. The molecule has 0 aromatic heterocycles. The van der Waals surface area contributed by atoms with Crippen LogP contribution in [0, 0.1) is 0 Å². The van der Waals surface area contributed by atoms with Gasteiger partial charge in [-0.05, 0) is 6.92 Å². The molecule has 0 spiro atoms. The van der Waals surface area contributed by atoms with Gasteiger partial charge in [0.25, 0.3) is 0 Å². The SMILES string of the molecule is C=C(C)C(=O)OC(=O)C(=C)N. The monoisotopic (exact) mass is 155 g/mol. The molecule has 0 radical (unpaired) electrons. The predicted octanol–water partition coefficient (Wildman–Crippen LogP) is 0.105. The van der Waals surface area contributed by atoms with Gasteiger partial charge >= 0.3 is 11.9 Å². The summed E-state index contributed by atoms with van der Waals surface area (Å²) in [4.78, 5) is 21.2. The maximum absolute atomic E-state index is 10.6. The quantitative estimate of drug-likeness (QED) is 0.349. The molecule has 0 fully saturated rings. The molecule has 0 atom stereocenters. The van der Waals surface area contributed by atoms with Crippen molar-refractivity contribution in [3.05, 3.63) is 24.4 Å². The Hall–Kier alpha value is -1.58. The fraction of sp³-hybridized carbons (Fsp3) is 0.143. The Bertz CT molecular complexity index is 206. The van der Waals surface area contributed by atoms with E-state index in [1.165, 1.54) is 6.92 Å². The highest BCUT2D eigenvalue weighted by Gasteiger charge is 2.11. The highest BCUT2D eigenvalue weighted by molar-refractivity contribution is 6.00. The Morgan fingerprint density at radius 1 is 1.27 bits per heavy atom. The standard InChI is InChI=1S/C7H9NO3/c1-4(2)6(9)11-7(10)5(3)8/h1,3,8H2,2H3. The zero-order valence-corrected chi connectivity index (χ0v) is 6.22. The fourth-order valence-corrected chi connectivity index (χ4v) is 0.237. The first kappa shape index (κ1) is 9.42. The highest BCUT2D eigenvalue weighted by Crippen LogP contribution is 1.94. The largest absolute Gasteiger partial charge is 0.393 e. The summed E-state index contributed by atoms with van der Waals surface area (Å²) in [5.41, 5.74) is 4.77. The van der Waals surface area contributed by atoms with E-state index < -0.39 is 11.9 Å². The van der Waals surface area contributed by atoms with Crippen LogP contribution in [0.15, 0.2) is 24.4 Å². The van der Waals surface area contributed by atoms with E-state index in [1.54, 1.807) is 0 Å². The number of esters is 2. The molecule has 4 nitrogen and oxygen atoms in total. The number of ether oxygens (including phenoxy) is 1. The van der Waals surface area contributed by atoms with E-state index in [2.05, 4.69) is 17.9 Å². The van der Waals surface area contributed by atoms with Gasteiger partial charge in [0, 0.05) is 5.57 Å². The molecule has 0 rings (SSSR count). The van der Waals surface area contributed by atoms with Crippen LogP contribution in [-0.4, -0.2) is 11.9 Å². The van der Waals surface area contributed by atoms with Crippen molar-refractivity contribution in [2.24, 2.45) is 5.73 Å². The number of rotatable bonds is 2. The summed E-state index contributed by atoms with van der Waals surface area (Å²) in [5, 5.41) is 0. The van der Waals surface area contributed by atoms with Crippen molar-refractivity contribution in [2.45, 2.75) is 6.92 Å². The molecule has 0 aliphatic carbocycles. The van der Waals surface area contributed by atoms with Gasteiger partial charge in [-0.1, -0.05) is 13.2 Å². The average Bonchev–Trinajstić information content (AvgIpc) is 1.87. The highest BCUT2D eigenvalue weighted by atomic mass is 16.6. The van der Waals surface area contributed by atoms with Crippen molar-refractivity contribution >= 4 is 11.9 Å². The third-order valence-corrected chi connectivity index (χ3v) is 0.796. The number of nitrogens with two attached hydrogens (primary N) is 1. The molecular formula is C7H9NO3. The molecule has 60 valence electrons. The lowest BCUT2D eigenvalue weighted by Gasteiger charge is -1.99. The molecule has 0 aliphatic heterocycles. The average molecular weight is 155 g/mol. The van der Waals surface area contributed by atoms with E-state index in [-0.39, 0.29) is 11.3 Å². The minimum absolute atomic E-state index is 0.139. The van der Waals surface area contributed by atoms with E-state index in [0.717, 1.165) is 0 Å². The normalized spacial score (nSPS) is 8.45. The van der Waals surface area contributed by atoms with Crippen molar-refractivity contribution in [1.82, 2.24) is 0 Å². The minimum atomic E-state index is -0.932. The molecule has 0 aromatic rings. The Balaban J connectivity index is 4.07. The number of carbonyl (C=O) groups is 2.